The molecular formula is C36H35NO4. The minimum Gasteiger partial charge on any atom is -0.497 e. The molecule has 0 unspecified atom stereocenters. The Morgan fingerprint density at radius 3 is 1.73 bits per heavy atom. The molecule has 0 aromatic heterocycles. The third kappa shape index (κ3) is 7.83. The maximum absolute atomic E-state index is 13.1. The lowest BCUT2D eigenvalue weighted by atomic mass is 9.93. The van der Waals surface area contributed by atoms with E-state index in [1.165, 1.54) is 0 Å². The number of hydrogen-bond donors (Lipinski definition) is 1. The molecule has 0 aliphatic heterocycles. The predicted octanol–water partition coefficient (Wildman–Crippen LogP) is 8.58. The summed E-state index contributed by atoms with van der Waals surface area (Å²) in [6.07, 6.45) is 9.79. The maximum Gasteiger partial charge on any atom is 0.185 e. The number of methoxy groups -OCH3 is 2. The lowest BCUT2D eigenvalue weighted by Crippen LogP contribution is -2.01. The molecule has 0 atom stereocenters. The van der Waals surface area contributed by atoms with Crippen molar-refractivity contribution in [3.05, 3.63) is 131 Å². The van der Waals surface area contributed by atoms with Gasteiger partial charge in [-0.15, -0.1) is 0 Å². The van der Waals surface area contributed by atoms with Crippen LogP contribution in [0.25, 0.3) is 12.2 Å². The van der Waals surface area contributed by atoms with Crippen molar-refractivity contribution in [3.63, 3.8) is 0 Å². The molecule has 0 saturated heterocycles. The van der Waals surface area contributed by atoms with Crippen molar-refractivity contribution in [2.45, 2.75) is 26.2 Å². The van der Waals surface area contributed by atoms with Crippen LogP contribution in [0.5, 0.6) is 11.5 Å². The van der Waals surface area contributed by atoms with Crippen molar-refractivity contribution < 1.29 is 19.1 Å². The lowest BCUT2D eigenvalue weighted by Gasteiger charge is -2.16. The summed E-state index contributed by atoms with van der Waals surface area (Å²) in [6, 6.07) is 28.1. The highest BCUT2D eigenvalue weighted by molar-refractivity contribution is 6.09. The number of ketones is 2. The molecule has 208 valence electrons. The topological polar surface area (TPSA) is 64.6 Å². The highest BCUT2D eigenvalue weighted by atomic mass is 16.5. The van der Waals surface area contributed by atoms with Crippen molar-refractivity contribution in [2.75, 3.05) is 19.5 Å². The number of aryl methyl sites for hydroxylation is 1. The average Bonchev–Trinajstić information content (AvgIpc) is 3.02. The number of rotatable bonds is 13. The van der Waals surface area contributed by atoms with Crippen molar-refractivity contribution in [1.29, 1.82) is 0 Å². The van der Waals surface area contributed by atoms with Crippen molar-refractivity contribution in [2.24, 2.45) is 0 Å². The van der Waals surface area contributed by atoms with Gasteiger partial charge in [0.15, 0.2) is 11.6 Å². The fourth-order valence-corrected chi connectivity index (χ4v) is 4.45. The van der Waals surface area contributed by atoms with Gasteiger partial charge >= 0.3 is 0 Å². The molecule has 4 aromatic rings. The standard InChI is InChI=1S/C36H35NO4/c1-4-5-9-26-16-23-34(37-29-10-7-6-8-11-29)33(22-25-36(39)28-14-19-31(41-3)20-15-28)32(26)21-24-35(38)27-12-17-30(40-2)18-13-27/h6-8,10-25,37H,4-5,9H2,1-3H3/b24-21+,25-22+. The fraction of sp³-hybridized carbons (Fsp3) is 0.167. The van der Waals surface area contributed by atoms with Gasteiger partial charge in [0.1, 0.15) is 11.5 Å². The first kappa shape index (κ1) is 29.1. The Kier molecular flexibility index (Phi) is 10.3. The van der Waals surface area contributed by atoms with Crippen LogP contribution in [0.15, 0.2) is 103 Å². The second-order valence-corrected chi connectivity index (χ2v) is 9.55. The fourth-order valence-electron chi connectivity index (χ4n) is 4.45. The summed E-state index contributed by atoms with van der Waals surface area (Å²) in [6.45, 7) is 2.16. The Bertz CT molecular complexity index is 1520. The zero-order valence-corrected chi connectivity index (χ0v) is 23.7. The van der Waals surface area contributed by atoms with Crippen LogP contribution in [-0.2, 0) is 6.42 Å². The number of allylic oxidation sites excluding steroid dienone is 2. The van der Waals surface area contributed by atoms with Gasteiger partial charge in [-0.05, 0) is 109 Å². The number of hydrogen-bond acceptors (Lipinski definition) is 5. The molecule has 0 spiro atoms. The van der Waals surface area contributed by atoms with E-state index in [2.05, 4.69) is 18.3 Å². The van der Waals surface area contributed by atoms with Gasteiger partial charge in [0.05, 0.1) is 14.2 Å². The number of unbranched alkanes of at least 4 members (excludes halogenated alkanes) is 1. The molecule has 0 aliphatic carbocycles. The molecule has 4 rings (SSSR count). The van der Waals surface area contributed by atoms with Crippen molar-refractivity contribution in [1.82, 2.24) is 0 Å². The number of anilines is 2. The zero-order chi connectivity index (χ0) is 29.0. The van der Waals surface area contributed by atoms with E-state index < -0.39 is 0 Å². The molecule has 41 heavy (non-hydrogen) atoms. The largest absolute Gasteiger partial charge is 0.497 e. The molecule has 1 N–H and O–H groups in total. The van der Waals surface area contributed by atoms with Gasteiger partial charge in [0.2, 0.25) is 0 Å². The third-order valence-corrected chi connectivity index (χ3v) is 6.78. The van der Waals surface area contributed by atoms with Gasteiger partial charge in [-0.25, -0.2) is 0 Å². The predicted molar refractivity (Wildman–Crippen MR) is 167 cm³/mol. The molecular weight excluding hydrogens is 510 g/mol. The third-order valence-electron chi connectivity index (χ3n) is 6.78. The van der Waals surface area contributed by atoms with E-state index >= 15 is 0 Å². The molecule has 0 fully saturated rings. The maximum atomic E-state index is 13.1. The Labute approximate surface area is 242 Å². The molecule has 0 aliphatic rings. The summed E-state index contributed by atoms with van der Waals surface area (Å²) in [7, 11) is 3.19. The Morgan fingerprint density at radius 1 is 0.683 bits per heavy atom. The molecule has 0 amide bonds. The number of carbonyl (C=O) groups is 2. The number of carbonyl (C=O) groups excluding carboxylic acids is 2. The Balaban J connectivity index is 1.76. The first-order valence-electron chi connectivity index (χ1n) is 13.7. The van der Waals surface area contributed by atoms with Crippen LogP contribution >= 0.6 is 0 Å². The highest BCUT2D eigenvalue weighted by Crippen LogP contribution is 2.31. The number of nitrogens with one attached hydrogen (secondary N) is 1. The first-order valence-corrected chi connectivity index (χ1v) is 13.7. The summed E-state index contributed by atoms with van der Waals surface area (Å²) < 4.78 is 10.4. The Hall–Kier alpha value is -4.90. The van der Waals surface area contributed by atoms with E-state index in [4.69, 9.17) is 9.47 Å². The van der Waals surface area contributed by atoms with Gasteiger partial charge in [0, 0.05) is 28.1 Å². The van der Waals surface area contributed by atoms with Gasteiger partial charge in [-0.2, -0.15) is 0 Å². The van der Waals surface area contributed by atoms with Crippen molar-refractivity contribution >= 4 is 35.1 Å². The van der Waals surface area contributed by atoms with Crippen LogP contribution in [0.3, 0.4) is 0 Å². The van der Waals surface area contributed by atoms with Crippen LogP contribution in [0.4, 0.5) is 11.4 Å². The lowest BCUT2D eigenvalue weighted by molar-refractivity contribution is 0.103. The second-order valence-electron chi connectivity index (χ2n) is 9.55. The summed E-state index contributed by atoms with van der Waals surface area (Å²) in [5.41, 5.74) is 5.75. The van der Waals surface area contributed by atoms with Gasteiger partial charge in [-0.3, -0.25) is 9.59 Å². The molecule has 4 aromatic carbocycles. The minimum atomic E-state index is -0.124. The number of ether oxygens (including phenoxy) is 2. The first-order chi connectivity index (χ1) is 20.0. The van der Waals surface area contributed by atoms with Gasteiger partial charge in [0.25, 0.3) is 0 Å². The van der Waals surface area contributed by atoms with Crippen molar-refractivity contribution in [3.8, 4) is 11.5 Å². The van der Waals surface area contributed by atoms with Gasteiger partial charge in [-0.1, -0.05) is 43.7 Å². The van der Waals surface area contributed by atoms with Gasteiger partial charge < -0.3 is 14.8 Å². The molecule has 0 radical (unpaired) electrons. The summed E-state index contributed by atoms with van der Waals surface area (Å²) in [4.78, 5) is 26.2. The van der Waals surface area contributed by atoms with E-state index in [9.17, 15) is 9.59 Å². The summed E-state index contributed by atoms with van der Waals surface area (Å²) in [5, 5.41) is 3.50. The van der Waals surface area contributed by atoms with Crippen LogP contribution in [0, 0.1) is 0 Å². The smallest absolute Gasteiger partial charge is 0.185 e. The number of benzene rings is 4. The van der Waals surface area contributed by atoms with E-state index in [1.54, 1.807) is 74.9 Å². The van der Waals surface area contributed by atoms with E-state index in [0.29, 0.717) is 22.6 Å². The van der Waals surface area contributed by atoms with Crippen LogP contribution in [-0.4, -0.2) is 25.8 Å². The molecule has 0 heterocycles. The highest BCUT2D eigenvalue weighted by Gasteiger charge is 2.13. The van der Waals surface area contributed by atoms with Crippen LogP contribution in [0.1, 0.15) is 57.2 Å². The quantitative estimate of drug-likeness (QED) is 0.135. The molecule has 0 saturated carbocycles. The average molecular weight is 546 g/mol. The minimum absolute atomic E-state index is 0.111. The molecule has 5 nitrogen and oxygen atoms in total. The Morgan fingerprint density at radius 2 is 1.22 bits per heavy atom. The number of para-hydroxylation sites is 1. The normalized spacial score (nSPS) is 11.1. The zero-order valence-electron chi connectivity index (χ0n) is 23.7. The molecule has 5 heteroatoms. The summed E-state index contributed by atoms with van der Waals surface area (Å²) in [5.74, 6) is 1.15. The van der Waals surface area contributed by atoms with Crippen LogP contribution in [0.2, 0.25) is 0 Å². The van der Waals surface area contributed by atoms with Crippen LogP contribution < -0.4 is 14.8 Å². The van der Waals surface area contributed by atoms with E-state index in [1.807, 2.05) is 48.6 Å². The molecule has 0 bridgehead atoms. The van der Waals surface area contributed by atoms with E-state index in [-0.39, 0.29) is 11.6 Å². The second kappa shape index (κ2) is 14.5. The summed E-state index contributed by atoms with van der Waals surface area (Å²) >= 11 is 0. The van der Waals surface area contributed by atoms with E-state index in [0.717, 1.165) is 47.3 Å². The monoisotopic (exact) mass is 545 g/mol. The SMILES string of the molecule is CCCCc1ccc(Nc2ccccc2)c(/C=C/C(=O)c2ccc(OC)cc2)c1/C=C/C(=O)c1ccc(OC)cc1.